The Morgan fingerprint density at radius 1 is 1.38 bits per heavy atom. The summed E-state index contributed by atoms with van der Waals surface area (Å²) in [6.07, 6.45) is 9.07. The topological polar surface area (TPSA) is 53.3 Å². The lowest BCUT2D eigenvalue weighted by Crippen LogP contribution is -2.58. The van der Waals surface area contributed by atoms with E-state index in [-0.39, 0.29) is 11.5 Å². The van der Waals surface area contributed by atoms with Gasteiger partial charge in [0.2, 0.25) is 0 Å². The van der Waals surface area contributed by atoms with E-state index in [1.54, 1.807) is 0 Å². The normalized spacial score (nSPS) is 21.7. The fraction of sp³-hybridized carbons (Fsp3) is 0.737. The summed E-state index contributed by atoms with van der Waals surface area (Å²) in [4.78, 5) is 12.3. The van der Waals surface area contributed by atoms with E-state index in [0.29, 0.717) is 17.8 Å². The molecular formula is C19H34B2N3OS+. The van der Waals surface area contributed by atoms with Crippen LogP contribution < -0.4 is 0 Å². The van der Waals surface area contributed by atoms with E-state index in [9.17, 15) is 4.79 Å². The Morgan fingerprint density at radius 3 is 2.73 bits per heavy atom. The number of nitrogens with one attached hydrogen (secondary N) is 1. The number of carbonyl (C=O) groups is 1. The van der Waals surface area contributed by atoms with Crippen LogP contribution >= 0.6 is 12.8 Å². The standard InChI is InChI=1S/C19H33B2N3OS/c1-5-7-8-12-20-19(25)21-15(3)24(4)13-9-11-16(14-24)18(23-26)17(22)10-6-2/h11,15H,5-10,12-14H2,1-4H3,(H-,22,26)/p+1. The summed E-state index contributed by atoms with van der Waals surface area (Å²) >= 11 is 4.11. The Hall–Kier alpha value is -0.810. The maximum atomic E-state index is 12.3. The summed E-state index contributed by atoms with van der Waals surface area (Å²) in [6, 6.07) is 0. The molecular weight excluding hydrogens is 340 g/mol. The highest BCUT2D eigenvalue weighted by molar-refractivity contribution is 7.79. The highest BCUT2D eigenvalue weighted by atomic mass is 32.1. The first kappa shape index (κ1) is 23.2. The van der Waals surface area contributed by atoms with Crippen LogP contribution in [0.5, 0.6) is 0 Å². The third kappa shape index (κ3) is 7.07. The number of nitrogens with zero attached hydrogens (tertiary/aromatic N) is 2. The molecule has 0 spiro atoms. The van der Waals surface area contributed by atoms with Crippen molar-refractivity contribution in [2.75, 3.05) is 20.1 Å². The summed E-state index contributed by atoms with van der Waals surface area (Å²) in [5.41, 5.74) is 2.50. The van der Waals surface area contributed by atoms with E-state index in [2.05, 4.69) is 51.1 Å². The van der Waals surface area contributed by atoms with Gasteiger partial charge in [-0.1, -0.05) is 51.9 Å². The summed E-state index contributed by atoms with van der Waals surface area (Å²) < 4.78 is 4.87. The van der Waals surface area contributed by atoms with Crippen molar-refractivity contribution in [3.8, 4) is 0 Å². The van der Waals surface area contributed by atoms with Crippen LogP contribution in [0.4, 0.5) is 4.79 Å². The quantitative estimate of drug-likeness (QED) is 0.172. The highest BCUT2D eigenvalue weighted by Gasteiger charge is 2.35. The van der Waals surface area contributed by atoms with Crippen molar-refractivity contribution in [2.24, 2.45) is 4.40 Å². The molecule has 0 saturated heterocycles. The third-order valence-electron chi connectivity index (χ3n) is 5.29. The molecule has 0 aromatic carbocycles. The number of carbonyl (C=O) groups excluding carboxylic acids is 1. The second-order valence-electron chi connectivity index (χ2n) is 7.57. The number of likely N-dealkylation sites (N-methyl/N-ethyl adjacent to an activating group) is 1. The predicted octanol–water partition coefficient (Wildman–Crippen LogP) is 4.35. The van der Waals surface area contributed by atoms with Crippen molar-refractivity contribution in [1.29, 1.82) is 5.41 Å². The lowest BCUT2D eigenvalue weighted by atomic mass is 9.48. The number of rotatable bonds is 12. The molecule has 0 fully saturated rings. The Morgan fingerprint density at radius 2 is 2.12 bits per heavy atom. The van der Waals surface area contributed by atoms with Gasteiger partial charge in [-0.05, 0) is 26.2 Å². The SMILES string of the molecule is CCCCC[B]C(=O)[B]C(C)[N+]1(C)CCC=C(/C(=N/S)C(=N)CCC)C1. The van der Waals surface area contributed by atoms with Crippen LogP contribution in [0.3, 0.4) is 0 Å². The molecule has 1 aliphatic heterocycles. The first-order valence-electron chi connectivity index (χ1n) is 9.93. The second-order valence-corrected chi connectivity index (χ2v) is 7.77. The summed E-state index contributed by atoms with van der Waals surface area (Å²) in [7, 11) is 5.89. The van der Waals surface area contributed by atoms with E-state index in [4.69, 9.17) is 5.41 Å². The number of thiol groups is 1. The summed E-state index contributed by atoms with van der Waals surface area (Å²) in [5.74, 6) is 0.134. The lowest BCUT2D eigenvalue weighted by molar-refractivity contribution is -0.916. The van der Waals surface area contributed by atoms with Crippen molar-refractivity contribution in [3.05, 3.63) is 11.6 Å². The van der Waals surface area contributed by atoms with Crippen LogP contribution in [0.1, 0.15) is 59.3 Å². The van der Waals surface area contributed by atoms with Gasteiger partial charge < -0.3 is 14.7 Å². The van der Waals surface area contributed by atoms with E-state index >= 15 is 0 Å². The monoisotopic (exact) mass is 374 g/mol. The zero-order valence-electron chi connectivity index (χ0n) is 16.9. The predicted molar refractivity (Wildman–Crippen MR) is 118 cm³/mol. The molecule has 1 heterocycles. The summed E-state index contributed by atoms with van der Waals surface area (Å²) in [6.45, 7) is 8.14. The third-order valence-corrected chi connectivity index (χ3v) is 5.49. The maximum Gasteiger partial charge on any atom is 0.264 e. The van der Waals surface area contributed by atoms with Gasteiger partial charge in [0, 0.05) is 17.6 Å². The summed E-state index contributed by atoms with van der Waals surface area (Å²) in [5, 5.41) is 8.25. The highest BCUT2D eigenvalue weighted by Crippen LogP contribution is 2.22. The number of hydrogen-bond donors (Lipinski definition) is 2. The average molecular weight is 374 g/mol. The molecule has 0 saturated carbocycles. The van der Waals surface area contributed by atoms with E-state index in [1.807, 2.05) is 14.6 Å². The van der Waals surface area contributed by atoms with Crippen LogP contribution in [-0.2, 0) is 0 Å². The van der Waals surface area contributed by atoms with Crippen LogP contribution in [-0.4, -0.2) is 62.1 Å². The molecule has 1 aliphatic rings. The van der Waals surface area contributed by atoms with Crippen molar-refractivity contribution in [3.63, 3.8) is 0 Å². The Bertz CT molecular complexity index is 551. The van der Waals surface area contributed by atoms with Crippen molar-refractivity contribution >= 4 is 44.4 Å². The Balaban J connectivity index is 2.67. The molecule has 0 amide bonds. The minimum atomic E-state index is 0.134. The van der Waals surface area contributed by atoms with Crippen LogP contribution in [0.15, 0.2) is 16.0 Å². The molecule has 142 valence electrons. The molecule has 7 heteroatoms. The van der Waals surface area contributed by atoms with Gasteiger partial charge in [0.15, 0.2) is 7.28 Å². The van der Waals surface area contributed by atoms with Crippen molar-refractivity contribution in [1.82, 2.24) is 0 Å². The number of unbranched alkanes of at least 4 members (excludes halogenated alkanes) is 2. The molecule has 2 radical (unpaired) electrons. The Labute approximate surface area is 167 Å². The van der Waals surface area contributed by atoms with Gasteiger partial charge in [0.1, 0.15) is 12.3 Å². The number of hydrogen-bond acceptors (Lipinski definition) is 4. The molecule has 1 rings (SSSR count). The molecule has 0 aromatic rings. The second kappa shape index (κ2) is 11.8. The van der Waals surface area contributed by atoms with Gasteiger partial charge in [-0.3, -0.25) is 0 Å². The molecule has 1 N–H and O–H groups in total. The first-order chi connectivity index (χ1) is 12.4. The van der Waals surface area contributed by atoms with Crippen molar-refractivity contribution < 1.29 is 9.28 Å². The maximum absolute atomic E-state index is 12.3. The van der Waals surface area contributed by atoms with Crippen LogP contribution in [0.25, 0.3) is 0 Å². The van der Waals surface area contributed by atoms with Gasteiger partial charge in [-0.25, -0.2) is 4.40 Å². The Kier molecular flexibility index (Phi) is 10.6. The van der Waals surface area contributed by atoms with Gasteiger partial charge >= 0.3 is 0 Å². The van der Waals surface area contributed by atoms with E-state index < -0.39 is 0 Å². The van der Waals surface area contributed by atoms with Crippen molar-refractivity contribution in [2.45, 2.75) is 71.6 Å². The lowest BCUT2D eigenvalue weighted by Gasteiger charge is -2.43. The zero-order chi connectivity index (χ0) is 19.6. The van der Waals surface area contributed by atoms with E-state index in [1.165, 1.54) is 12.8 Å². The molecule has 0 aliphatic carbocycles. The fourth-order valence-corrected chi connectivity index (χ4v) is 3.65. The van der Waals surface area contributed by atoms with Gasteiger partial charge in [-0.2, -0.15) is 0 Å². The fourth-order valence-electron chi connectivity index (χ4n) is 3.40. The van der Waals surface area contributed by atoms with Gasteiger partial charge in [-0.15, -0.1) is 0 Å². The van der Waals surface area contributed by atoms with Gasteiger partial charge in [0.05, 0.1) is 25.2 Å². The van der Waals surface area contributed by atoms with E-state index in [0.717, 1.165) is 48.7 Å². The molecule has 2 unspecified atom stereocenters. The molecule has 4 nitrogen and oxygen atoms in total. The van der Waals surface area contributed by atoms with Crippen LogP contribution in [0, 0.1) is 5.41 Å². The van der Waals surface area contributed by atoms with Crippen LogP contribution in [0.2, 0.25) is 6.32 Å². The number of quaternary nitrogens is 1. The van der Waals surface area contributed by atoms with Gasteiger partial charge in [0.25, 0.3) is 7.28 Å². The molecule has 2 atom stereocenters. The molecule has 26 heavy (non-hydrogen) atoms. The molecule has 0 aromatic heterocycles. The smallest absolute Gasteiger partial charge is 0.264 e. The minimum Gasteiger partial charge on any atom is -0.327 e. The first-order valence-corrected chi connectivity index (χ1v) is 10.3. The molecule has 0 bridgehead atoms. The average Bonchev–Trinajstić information content (AvgIpc) is 2.60. The zero-order valence-corrected chi connectivity index (χ0v) is 17.8. The largest absolute Gasteiger partial charge is 0.327 e. The minimum absolute atomic E-state index is 0.134.